The van der Waals surface area contributed by atoms with Gasteiger partial charge in [-0.2, -0.15) is 0 Å². The minimum Gasteiger partial charge on any atom is -0.382 e. The molecule has 1 aromatic heterocycles. The standard InChI is InChI=1S/C18H16ClN3OS/c1-2-11-4-3-5-14(10-11)21-18-22-17(20)16(24-18)15(23)12-6-8-13(19)9-7-12/h3-10H,2,20H2,1H3,(H,21,22). The van der Waals surface area contributed by atoms with Crippen LogP contribution in [-0.2, 0) is 6.42 Å². The molecular formula is C18H16ClN3OS. The van der Waals surface area contributed by atoms with Crippen LogP contribution in [0.2, 0.25) is 5.02 Å². The van der Waals surface area contributed by atoms with Crippen LogP contribution in [0.1, 0.15) is 27.7 Å². The summed E-state index contributed by atoms with van der Waals surface area (Å²) >= 11 is 7.10. The van der Waals surface area contributed by atoms with Crippen molar-refractivity contribution in [3.8, 4) is 0 Å². The average Bonchev–Trinajstić information content (AvgIpc) is 2.95. The fourth-order valence-corrected chi connectivity index (χ4v) is 3.27. The molecule has 0 saturated heterocycles. The highest BCUT2D eigenvalue weighted by atomic mass is 35.5. The summed E-state index contributed by atoms with van der Waals surface area (Å²) in [5, 5.41) is 4.39. The largest absolute Gasteiger partial charge is 0.382 e. The van der Waals surface area contributed by atoms with E-state index in [0.29, 0.717) is 20.6 Å². The Bertz CT molecular complexity index is 874. The minimum atomic E-state index is -0.156. The van der Waals surface area contributed by atoms with Gasteiger partial charge in [0.1, 0.15) is 10.7 Å². The van der Waals surface area contributed by atoms with Crippen LogP contribution in [0.5, 0.6) is 0 Å². The van der Waals surface area contributed by atoms with Crippen LogP contribution in [-0.4, -0.2) is 10.8 Å². The van der Waals surface area contributed by atoms with Crippen molar-refractivity contribution in [1.82, 2.24) is 4.98 Å². The molecule has 0 atom stereocenters. The number of thiazole rings is 1. The number of benzene rings is 2. The molecule has 0 unspecified atom stereocenters. The highest BCUT2D eigenvalue weighted by Crippen LogP contribution is 2.30. The van der Waals surface area contributed by atoms with Gasteiger partial charge in [-0.3, -0.25) is 4.79 Å². The molecule has 24 heavy (non-hydrogen) atoms. The highest BCUT2D eigenvalue weighted by Gasteiger charge is 2.18. The normalized spacial score (nSPS) is 10.6. The van der Waals surface area contributed by atoms with Crippen molar-refractivity contribution >= 4 is 45.4 Å². The van der Waals surface area contributed by atoms with E-state index in [2.05, 4.69) is 29.4 Å². The highest BCUT2D eigenvalue weighted by molar-refractivity contribution is 7.18. The first kappa shape index (κ1) is 16.5. The van der Waals surface area contributed by atoms with Crippen molar-refractivity contribution in [3.63, 3.8) is 0 Å². The number of carbonyl (C=O) groups is 1. The number of nitrogens with zero attached hydrogens (tertiary/aromatic N) is 1. The van der Waals surface area contributed by atoms with Crippen LogP contribution >= 0.6 is 22.9 Å². The molecule has 1 heterocycles. The zero-order chi connectivity index (χ0) is 17.1. The monoisotopic (exact) mass is 357 g/mol. The zero-order valence-corrected chi connectivity index (χ0v) is 14.6. The molecule has 3 N–H and O–H groups in total. The van der Waals surface area contributed by atoms with Gasteiger partial charge in [-0.1, -0.05) is 42.0 Å². The number of aryl methyl sites for hydroxylation is 1. The van der Waals surface area contributed by atoms with E-state index in [1.807, 2.05) is 12.1 Å². The molecule has 2 aromatic carbocycles. The number of aromatic nitrogens is 1. The Morgan fingerprint density at radius 1 is 1.25 bits per heavy atom. The number of nitrogens with two attached hydrogens (primary N) is 1. The van der Waals surface area contributed by atoms with E-state index in [0.717, 1.165) is 12.1 Å². The van der Waals surface area contributed by atoms with Crippen molar-refractivity contribution in [2.75, 3.05) is 11.1 Å². The van der Waals surface area contributed by atoms with Crippen LogP contribution < -0.4 is 11.1 Å². The molecule has 6 heteroatoms. The first-order valence-corrected chi connectivity index (χ1v) is 8.69. The Morgan fingerprint density at radius 2 is 2.00 bits per heavy atom. The van der Waals surface area contributed by atoms with E-state index in [1.165, 1.54) is 16.9 Å². The Labute approximate surface area is 149 Å². The average molecular weight is 358 g/mol. The zero-order valence-electron chi connectivity index (χ0n) is 13.0. The van der Waals surface area contributed by atoms with Crippen molar-refractivity contribution in [2.24, 2.45) is 0 Å². The molecule has 0 aliphatic heterocycles. The Hall–Kier alpha value is -2.37. The second-order valence-corrected chi connectivity index (χ2v) is 6.68. The molecule has 0 aliphatic carbocycles. The summed E-state index contributed by atoms with van der Waals surface area (Å²) in [6.07, 6.45) is 0.954. The van der Waals surface area contributed by atoms with Gasteiger partial charge in [0.05, 0.1) is 0 Å². The number of nitrogen functional groups attached to an aromatic ring is 1. The fourth-order valence-electron chi connectivity index (χ4n) is 2.27. The number of nitrogens with one attached hydrogen (secondary N) is 1. The second-order valence-electron chi connectivity index (χ2n) is 5.25. The van der Waals surface area contributed by atoms with Gasteiger partial charge in [-0.15, -0.1) is 0 Å². The number of hydrogen-bond donors (Lipinski definition) is 2. The maximum Gasteiger partial charge on any atom is 0.206 e. The van der Waals surface area contributed by atoms with Crippen molar-refractivity contribution in [1.29, 1.82) is 0 Å². The summed E-state index contributed by atoms with van der Waals surface area (Å²) in [7, 11) is 0. The fraction of sp³-hybridized carbons (Fsp3) is 0.111. The Balaban J connectivity index is 1.84. The van der Waals surface area contributed by atoms with Crippen LogP contribution in [0.25, 0.3) is 0 Å². The molecular weight excluding hydrogens is 342 g/mol. The van der Waals surface area contributed by atoms with Gasteiger partial charge < -0.3 is 11.1 Å². The van der Waals surface area contributed by atoms with Gasteiger partial charge in [-0.25, -0.2) is 4.98 Å². The van der Waals surface area contributed by atoms with E-state index in [-0.39, 0.29) is 11.6 Å². The minimum absolute atomic E-state index is 0.156. The van der Waals surface area contributed by atoms with Crippen molar-refractivity contribution < 1.29 is 4.79 Å². The van der Waals surface area contributed by atoms with Gasteiger partial charge in [0.25, 0.3) is 0 Å². The van der Waals surface area contributed by atoms with Crippen molar-refractivity contribution in [2.45, 2.75) is 13.3 Å². The topological polar surface area (TPSA) is 68.0 Å². The van der Waals surface area contributed by atoms with Gasteiger partial charge in [0, 0.05) is 16.3 Å². The van der Waals surface area contributed by atoms with E-state index in [4.69, 9.17) is 17.3 Å². The number of carbonyl (C=O) groups excluding carboxylic acids is 1. The molecule has 4 nitrogen and oxygen atoms in total. The third-order valence-corrected chi connectivity index (χ3v) is 4.79. The quantitative estimate of drug-likeness (QED) is 0.636. The molecule has 0 spiro atoms. The lowest BCUT2D eigenvalue weighted by atomic mass is 10.1. The molecule has 0 aliphatic rings. The molecule has 0 amide bonds. The van der Waals surface area contributed by atoms with E-state index < -0.39 is 0 Å². The molecule has 122 valence electrons. The number of ketones is 1. The SMILES string of the molecule is CCc1cccc(Nc2nc(N)c(C(=O)c3ccc(Cl)cc3)s2)c1. The molecule has 0 radical (unpaired) electrons. The summed E-state index contributed by atoms with van der Waals surface area (Å²) in [4.78, 5) is 17.3. The van der Waals surface area contributed by atoms with Gasteiger partial charge in [0.2, 0.25) is 5.78 Å². The van der Waals surface area contributed by atoms with Gasteiger partial charge >= 0.3 is 0 Å². The Kier molecular flexibility index (Phi) is 4.83. The van der Waals surface area contributed by atoms with E-state index >= 15 is 0 Å². The summed E-state index contributed by atoms with van der Waals surface area (Å²) < 4.78 is 0. The lowest BCUT2D eigenvalue weighted by Crippen LogP contribution is -2.02. The lowest BCUT2D eigenvalue weighted by Gasteiger charge is -2.04. The summed E-state index contributed by atoms with van der Waals surface area (Å²) in [5.41, 5.74) is 8.62. The van der Waals surface area contributed by atoms with Crippen LogP contribution in [0.15, 0.2) is 48.5 Å². The van der Waals surface area contributed by atoms with E-state index in [9.17, 15) is 4.79 Å². The molecule has 0 saturated carbocycles. The number of halogens is 1. The van der Waals surface area contributed by atoms with Crippen LogP contribution in [0.3, 0.4) is 0 Å². The first-order valence-electron chi connectivity index (χ1n) is 7.49. The first-order chi connectivity index (χ1) is 11.6. The van der Waals surface area contributed by atoms with Crippen molar-refractivity contribution in [3.05, 3.63) is 69.6 Å². The smallest absolute Gasteiger partial charge is 0.206 e. The summed E-state index contributed by atoms with van der Waals surface area (Å²) in [6, 6.07) is 14.8. The third kappa shape index (κ3) is 3.58. The maximum absolute atomic E-state index is 12.6. The van der Waals surface area contributed by atoms with Crippen LogP contribution in [0.4, 0.5) is 16.6 Å². The third-order valence-electron chi connectivity index (χ3n) is 3.55. The van der Waals surface area contributed by atoms with Gasteiger partial charge in [-0.05, 0) is 48.4 Å². The second kappa shape index (κ2) is 7.03. The Morgan fingerprint density at radius 3 is 2.71 bits per heavy atom. The lowest BCUT2D eigenvalue weighted by molar-refractivity contribution is 0.104. The van der Waals surface area contributed by atoms with Gasteiger partial charge in [0.15, 0.2) is 5.13 Å². The maximum atomic E-state index is 12.6. The molecule has 0 fully saturated rings. The van der Waals surface area contributed by atoms with Crippen LogP contribution in [0, 0.1) is 0 Å². The summed E-state index contributed by atoms with van der Waals surface area (Å²) in [5.74, 6) is 0.0751. The summed E-state index contributed by atoms with van der Waals surface area (Å²) in [6.45, 7) is 2.10. The predicted octanol–water partition coefficient (Wildman–Crippen LogP) is 4.92. The van der Waals surface area contributed by atoms with E-state index in [1.54, 1.807) is 24.3 Å². The molecule has 3 rings (SSSR count). The number of anilines is 3. The number of hydrogen-bond acceptors (Lipinski definition) is 5. The predicted molar refractivity (Wildman–Crippen MR) is 101 cm³/mol. The number of rotatable bonds is 5. The molecule has 3 aromatic rings. The molecule has 0 bridgehead atoms.